The Balaban J connectivity index is 1.72. The Morgan fingerprint density at radius 3 is 2.81 bits per heavy atom. The number of Topliss-reactive ketones (excluding diaryl/α,β-unsaturated/α-hetero) is 1. The molecule has 3 rings (SSSR count). The van der Waals surface area contributed by atoms with Gasteiger partial charge < -0.3 is 25.1 Å². The van der Waals surface area contributed by atoms with Gasteiger partial charge in [0, 0.05) is 6.20 Å². The van der Waals surface area contributed by atoms with E-state index >= 15 is 0 Å². The van der Waals surface area contributed by atoms with E-state index in [4.69, 9.17) is 19.9 Å². The number of hydrogen-bond donors (Lipinski definition) is 2. The minimum absolute atomic E-state index is 0.164. The lowest BCUT2D eigenvalue weighted by molar-refractivity contribution is -0.150. The first-order valence-electron chi connectivity index (χ1n) is 7.67. The van der Waals surface area contributed by atoms with E-state index in [0.717, 1.165) is 12.3 Å². The van der Waals surface area contributed by atoms with Crippen molar-refractivity contribution in [1.82, 2.24) is 9.55 Å². The quantitative estimate of drug-likeness (QED) is 0.591. The fourth-order valence-corrected chi connectivity index (χ4v) is 2.79. The average molecular weight is 387 g/mol. The summed E-state index contributed by atoms with van der Waals surface area (Å²) in [6.45, 7) is -0.334. The molecule has 0 bridgehead atoms. The maximum Gasteiger partial charge on any atom is 0.352 e. The number of halogens is 2. The van der Waals surface area contributed by atoms with Crippen molar-refractivity contribution in [2.24, 2.45) is 0 Å². The van der Waals surface area contributed by atoms with Crippen LogP contribution in [-0.4, -0.2) is 58.1 Å². The highest BCUT2D eigenvalue weighted by Crippen LogP contribution is 2.68. The minimum Gasteiger partial charge on any atom is -0.506 e. The minimum atomic E-state index is -3.03. The Bertz CT molecular complexity index is 902. The van der Waals surface area contributed by atoms with Crippen molar-refractivity contribution in [1.29, 1.82) is 0 Å². The van der Waals surface area contributed by atoms with E-state index < -0.39 is 54.0 Å². The zero-order chi connectivity index (χ0) is 20.0. The van der Waals surface area contributed by atoms with E-state index in [9.17, 15) is 28.3 Å². The van der Waals surface area contributed by atoms with Crippen molar-refractivity contribution in [2.45, 2.75) is 24.5 Å². The number of fused-ring (bicyclic) bond motifs is 1. The van der Waals surface area contributed by atoms with Crippen molar-refractivity contribution in [3.05, 3.63) is 34.3 Å². The van der Waals surface area contributed by atoms with Crippen molar-refractivity contribution in [2.75, 3.05) is 25.6 Å². The standard InChI is InChI=1S/C15H15F2N3O7/c1-7(21)4-25-6-10(22)26-5-8-11(23)14(17)12(16)15(14,27-8)20-3-2-9(18)19-13(20)24/h2-3,12,23H,4-6H2,1H3,(H2,18,19,24)/t12?,14-,15?/m0/s1. The predicted octanol–water partition coefficient (Wildman–Crippen LogP) is -0.513. The Morgan fingerprint density at radius 2 is 2.19 bits per heavy atom. The lowest BCUT2D eigenvalue weighted by Crippen LogP contribution is -2.37. The van der Waals surface area contributed by atoms with Gasteiger partial charge in [0.15, 0.2) is 23.9 Å². The molecule has 0 aromatic carbocycles. The summed E-state index contributed by atoms with van der Waals surface area (Å²) in [6, 6.07) is 1.13. The van der Waals surface area contributed by atoms with Crippen LogP contribution in [0.4, 0.5) is 14.6 Å². The van der Waals surface area contributed by atoms with Crippen LogP contribution in [0.3, 0.4) is 0 Å². The molecular formula is C15H15F2N3O7. The van der Waals surface area contributed by atoms with Crippen LogP contribution in [0, 0.1) is 0 Å². The van der Waals surface area contributed by atoms with E-state index in [0.29, 0.717) is 4.57 Å². The summed E-state index contributed by atoms with van der Waals surface area (Å²) < 4.78 is 44.3. The fraction of sp³-hybridized carbons (Fsp3) is 0.467. The van der Waals surface area contributed by atoms with Gasteiger partial charge in [-0.3, -0.25) is 9.36 Å². The number of nitrogens with zero attached hydrogens (tertiary/aromatic N) is 2. The smallest absolute Gasteiger partial charge is 0.352 e. The molecular weight excluding hydrogens is 372 g/mol. The lowest BCUT2D eigenvalue weighted by Gasteiger charge is -2.18. The molecule has 3 atom stereocenters. The van der Waals surface area contributed by atoms with Crippen LogP contribution < -0.4 is 11.4 Å². The molecule has 146 valence electrons. The summed E-state index contributed by atoms with van der Waals surface area (Å²) in [5, 5.41) is 9.97. The number of rotatable bonds is 7. The van der Waals surface area contributed by atoms with E-state index in [1.807, 2.05) is 0 Å². The Morgan fingerprint density at radius 1 is 1.48 bits per heavy atom. The second-order valence-corrected chi connectivity index (χ2v) is 6.01. The second kappa shape index (κ2) is 6.30. The molecule has 12 heteroatoms. The largest absolute Gasteiger partial charge is 0.506 e. The molecule has 10 nitrogen and oxygen atoms in total. The highest BCUT2D eigenvalue weighted by molar-refractivity contribution is 5.77. The molecule has 0 saturated heterocycles. The molecule has 1 aromatic rings. The molecule has 1 aliphatic heterocycles. The zero-order valence-corrected chi connectivity index (χ0v) is 14.0. The van der Waals surface area contributed by atoms with Gasteiger partial charge in [0.1, 0.15) is 19.0 Å². The monoisotopic (exact) mass is 387 g/mol. The van der Waals surface area contributed by atoms with Crippen molar-refractivity contribution >= 4 is 17.6 Å². The Kier molecular flexibility index (Phi) is 4.38. The second-order valence-electron chi connectivity index (χ2n) is 6.01. The Hall–Kier alpha value is -3.02. The lowest BCUT2D eigenvalue weighted by atomic mass is 10.2. The van der Waals surface area contributed by atoms with Gasteiger partial charge in [0.05, 0.1) is 0 Å². The number of nitrogen functional groups attached to an aromatic ring is 1. The number of esters is 1. The molecule has 0 amide bonds. The molecule has 3 N–H and O–H groups in total. The SMILES string of the molecule is CC(=O)COCC(=O)OCC1=C(O)[C@]2(F)C(F)C2(n2ccc(N)nc2=O)O1. The maximum atomic E-state index is 14.9. The first kappa shape index (κ1) is 18.8. The highest BCUT2D eigenvalue weighted by atomic mass is 19.2. The molecule has 0 radical (unpaired) electrons. The number of ketones is 1. The summed E-state index contributed by atoms with van der Waals surface area (Å²) in [7, 11) is 0. The molecule has 2 heterocycles. The number of carbonyl (C=O) groups excluding carboxylic acids is 2. The van der Waals surface area contributed by atoms with Crippen LogP contribution in [0.1, 0.15) is 6.92 Å². The van der Waals surface area contributed by atoms with Crippen LogP contribution in [0.5, 0.6) is 0 Å². The third-order valence-corrected chi connectivity index (χ3v) is 4.09. The number of anilines is 1. The number of aromatic nitrogens is 2. The molecule has 27 heavy (non-hydrogen) atoms. The van der Waals surface area contributed by atoms with Gasteiger partial charge in [-0.15, -0.1) is 0 Å². The van der Waals surface area contributed by atoms with E-state index in [1.54, 1.807) is 0 Å². The number of hydrogen-bond acceptors (Lipinski definition) is 9. The number of alkyl halides is 2. The third-order valence-electron chi connectivity index (χ3n) is 4.09. The van der Waals surface area contributed by atoms with Gasteiger partial charge in [0.25, 0.3) is 11.4 Å². The molecule has 1 saturated carbocycles. The maximum absolute atomic E-state index is 14.9. The van der Waals surface area contributed by atoms with Crippen LogP contribution in [0.25, 0.3) is 0 Å². The van der Waals surface area contributed by atoms with Gasteiger partial charge in [-0.1, -0.05) is 0 Å². The van der Waals surface area contributed by atoms with Crippen LogP contribution in [0.15, 0.2) is 28.6 Å². The van der Waals surface area contributed by atoms with Gasteiger partial charge in [-0.2, -0.15) is 4.98 Å². The van der Waals surface area contributed by atoms with Crippen LogP contribution >= 0.6 is 0 Å². The van der Waals surface area contributed by atoms with Crippen LogP contribution in [-0.2, 0) is 29.5 Å². The molecule has 0 spiro atoms. The van der Waals surface area contributed by atoms with E-state index in [2.05, 4.69) is 4.98 Å². The number of nitrogens with two attached hydrogens (primary N) is 1. The molecule has 1 aromatic heterocycles. The van der Waals surface area contributed by atoms with Gasteiger partial charge in [-0.25, -0.2) is 18.4 Å². The number of ether oxygens (including phenoxy) is 3. The summed E-state index contributed by atoms with van der Waals surface area (Å²) >= 11 is 0. The summed E-state index contributed by atoms with van der Waals surface area (Å²) in [6.07, 6.45) is -1.40. The Labute approximate surface area is 150 Å². The summed E-state index contributed by atoms with van der Waals surface area (Å²) in [5.41, 5.74) is -1.25. The van der Waals surface area contributed by atoms with Crippen LogP contribution in [0.2, 0.25) is 0 Å². The topological polar surface area (TPSA) is 143 Å². The normalized spacial score (nSPS) is 28.5. The van der Waals surface area contributed by atoms with Gasteiger partial charge >= 0.3 is 11.7 Å². The van der Waals surface area contributed by atoms with Gasteiger partial charge in [-0.05, 0) is 13.0 Å². The third kappa shape index (κ3) is 2.72. The van der Waals surface area contributed by atoms with Gasteiger partial charge in [0.2, 0.25) is 6.17 Å². The molecule has 1 fully saturated rings. The molecule has 2 aliphatic rings. The number of aliphatic hydroxyl groups is 1. The first-order chi connectivity index (χ1) is 12.6. The first-order valence-corrected chi connectivity index (χ1v) is 7.67. The number of aliphatic hydroxyl groups excluding tert-OH is 1. The van der Waals surface area contributed by atoms with Crippen molar-refractivity contribution in [3.63, 3.8) is 0 Å². The zero-order valence-electron chi connectivity index (χ0n) is 14.0. The summed E-state index contributed by atoms with van der Waals surface area (Å²) in [4.78, 5) is 37.5. The van der Waals surface area contributed by atoms with Crippen molar-refractivity contribution in [3.8, 4) is 0 Å². The highest BCUT2D eigenvalue weighted by Gasteiger charge is 2.92. The van der Waals surface area contributed by atoms with Crippen molar-refractivity contribution < 1.29 is 37.7 Å². The van der Waals surface area contributed by atoms with E-state index in [1.165, 1.54) is 6.92 Å². The summed E-state index contributed by atoms with van der Waals surface area (Å²) in [5.74, 6) is -3.08. The fourth-order valence-electron chi connectivity index (χ4n) is 2.79. The van der Waals surface area contributed by atoms with E-state index in [-0.39, 0.29) is 18.2 Å². The average Bonchev–Trinajstić information content (AvgIpc) is 2.95. The number of carbonyl (C=O) groups is 2. The molecule has 1 aliphatic carbocycles. The predicted molar refractivity (Wildman–Crippen MR) is 82.8 cm³/mol. The molecule has 2 unspecified atom stereocenters.